The molecule has 1 heterocycles. The molecule has 3 rings (SSSR count). The molecule has 0 radical (unpaired) electrons. The van der Waals surface area contributed by atoms with Gasteiger partial charge in [-0.15, -0.1) is 0 Å². The molecule has 2 amide bonds. The van der Waals surface area contributed by atoms with Crippen LogP contribution < -0.4 is 5.32 Å². The molecule has 4 nitrogen and oxygen atoms in total. The second kappa shape index (κ2) is 8.17. The number of hydrogen-bond acceptors (Lipinski definition) is 2. The fourth-order valence-electron chi connectivity index (χ4n) is 3.60. The molecule has 1 saturated heterocycles. The minimum Gasteiger partial charge on any atom is -0.352 e. The van der Waals surface area contributed by atoms with Crippen molar-refractivity contribution in [3.8, 4) is 0 Å². The lowest BCUT2D eigenvalue weighted by Crippen LogP contribution is -2.30. The maximum absolute atomic E-state index is 12.7. The van der Waals surface area contributed by atoms with Crippen LogP contribution in [0.4, 0.5) is 0 Å². The predicted octanol–water partition coefficient (Wildman–Crippen LogP) is 3.47. The molecule has 1 unspecified atom stereocenters. The second-order valence-corrected chi connectivity index (χ2v) is 7.25. The predicted molar refractivity (Wildman–Crippen MR) is 103 cm³/mol. The summed E-state index contributed by atoms with van der Waals surface area (Å²) in [5.41, 5.74) is 4.05. The molecule has 2 aromatic rings. The van der Waals surface area contributed by atoms with E-state index in [0.717, 1.165) is 35.2 Å². The van der Waals surface area contributed by atoms with E-state index in [1.165, 1.54) is 0 Å². The molecule has 0 aliphatic carbocycles. The Kier molecular flexibility index (Phi) is 5.71. The zero-order valence-electron chi connectivity index (χ0n) is 15.5. The first-order valence-corrected chi connectivity index (χ1v) is 9.19. The highest BCUT2D eigenvalue weighted by Gasteiger charge is 2.28. The van der Waals surface area contributed by atoms with E-state index in [9.17, 15) is 9.59 Å². The van der Waals surface area contributed by atoms with Gasteiger partial charge in [0.1, 0.15) is 0 Å². The van der Waals surface area contributed by atoms with E-state index in [1.54, 1.807) is 0 Å². The highest BCUT2D eigenvalue weighted by Crippen LogP contribution is 2.22. The van der Waals surface area contributed by atoms with Gasteiger partial charge in [-0.3, -0.25) is 9.59 Å². The van der Waals surface area contributed by atoms with E-state index in [2.05, 4.69) is 11.4 Å². The number of likely N-dealkylation sites (tertiary alicyclic amines) is 1. The smallest absolute Gasteiger partial charge is 0.253 e. The summed E-state index contributed by atoms with van der Waals surface area (Å²) < 4.78 is 0. The topological polar surface area (TPSA) is 49.4 Å². The van der Waals surface area contributed by atoms with Gasteiger partial charge in [-0.2, -0.15) is 0 Å². The van der Waals surface area contributed by atoms with Crippen LogP contribution in [0, 0.1) is 19.8 Å². The van der Waals surface area contributed by atoms with Crippen molar-refractivity contribution in [1.29, 1.82) is 0 Å². The van der Waals surface area contributed by atoms with E-state index in [1.807, 2.05) is 61.2 Å². The molecule has 1 fully saturated rings. The van der Waals surface area contributed by atoms with Crippen LogP contribution in [-0.4, -0.2) is 29.8 Å². The van der Waals surface area contributed by atoms with Crippen LogP contribution >= 0.6 is 0 Å². The van der Waals surface area contributed by atoms with Gasteiger partial charge in [0.05, 0.1) is 0 Å². The molecule has 0 saturated carbocycles. The maximum atomic E-state index is 12.7. The summed E-state index contributed by atoms with van der Waals surface area (Å²) >= 11 is 0. The Bertz CT molecular complexity index is 766. The fraction of sp³-hybridized carbons (Fsp3) is 0.364. The Morgan fingerprint density at radius 2 is 1.77 bits per heavy atom. The van der Waals surface area contributed by atoms with E-state index in [4.69, 9.17) is 0 Å². The van der Waals surface area contributed by atoms with Crippen LogP contribution in [0.2, 0.25) is 0 Å². The molecule has 2 aromatic carbocycles. The van der Waals surface area contributed by atoms with Crippen molar-refractivity contribution in [2.24, 2.45) is 5.92 Å². The number of carbonyl (C=O) groups excluding carboxylic acids is 2. The van der Waals surface area contributed by atoms with E-state index in [0.29, 0.717) is 19.5 Å². The highest BCUT2D eigenvalue weighted by molar-refractivity contribution is 5.94. The summed E-state index contributed by atoms with van der Waals surface area (Å²) in [4.78, 5) is 26.8. The zero-order valence-corrected chi connectivity index (χ0v) is 15.5. The van der Waals surface area contributed by atoms with E-state index in [-0.39, 0.29) is 17.7 Å². The highest BCUT2D eigenvalue weighted by atomic mass is 16.2. The van der Waals surface area contributed by atoms with Crippen molar-refractivity contribution in [2.75, 3.05) is 13.1 Å². The van der Waals surface area contributed by atoms with Gasteiger partial charge >= 0.3 is 0 Å². The van der Waals surface area contributed by atoms with Crippen LogP contribution in [0.5, 0.6) is 0 Å². The Morgan fingerprint density at radius 1 is 1.08 bits per heavy atom. The van der Waals surface area contributed by atoms with E-state index < -0.39 is 0 Å². The Labute approximate surface area is 155 Å². The van der Waals surface area contributed by atoms with Gasteiger partial charge in [0.2, 0.25) is 5.91 Å². The molecule has 1 atom stereocenters. The molecule has 0 aromatic heterocycles. The zero-order chi connectivity index (χ0) is 18.5. The second-order valence-electron chi connectivity index (χ2n) is 7.25. The molecule has 26 heavy (non-hydrogen) atoms. The standard InChI is InChI=1S/C22H26N2O2/c1-16-10-17(2)12-20(11-16)22(26)24-9-8-19(15-24)13-21(25)23-14-18-6-4-3-5-7-18/h3-7,10-12,19H,8-9,13-15H2,1-2H3,(H,23,25). The minimum absolute atomic E-state index is 0.0551. The quantitative estimate of drug-likeness (QED) is 0.898. The van der Waals surface area contributed by atoms with Crippen LogP contribution in [0.1, 0.15) is 39.9 Å². The monoisotopic (exact) mass is 350 g/mol. The normalized spacial score (nSPS) is 16.5. The number of nitrogens with one attached hydrogen (secondary N) is 1. The largest absolute Gasteiger partial charge is 0.352 e. The average molecular weight is 350 g/mol. The third-order valence-corrected chi connectivity index (χ3v) is 4.85. The first-order valence-electron chi connectivity index (χ1n) is 9.19. The lowest BCUT2D eigenvalue weighted by molar-refractivity contribution is -0.122. The van der Waals surface area contributed by atoms with Crippen molar-refractivity contribution < 1.29 is 9.59 Å². The Morgan fingerprint density at radius 3 is 2.46 bits per heavy atom. The summed E-state index contributed by atoms with van der Waals surface area (Å²) in [6.45, 7) is 5.95. The molecule has 1 aliphatic rings. The molecule has 0 spiro atoms. The van der Waals surface area contributed by atoms with Gasteiger partial charge in [0, 0.05) is 31.6 Å². The lowest BCUT2D eigenvalue weighted by Gasteiger charge is -2.17. The number of amides is 2. The fourth-order valence-corrected chi connectivity index (χ4v) is 3.60. The average Bonchev–Trinajstić information content (AvgIpc) is 3.08. The number of carbonyl (C=O) groups is 2. The van der Waals surface area contributed by atoms with Crippen LogP contribution in [0.15, 0.2) is 48.5 Å². The van der Waals surface area contributed by atoms with Crippen molar-refractivity contribution in [3.05, 3.63) is 70.8 Å². The Balaban J connectivity index is 1.50. The molecule has 0 bridgehead atoms. The van der Waals surface area contributed by atoms with Crippen LogP contribution in [0.3, 0.4) is 0 Å². The number of hydrogen-bond donors (Lipinski definition) is 1. The van der Waals surface area contributed by atoms with Gasteiger partial charge in [-0.25, -0.2) is 0 Å². The van der Waals surface area contributed by atoms with Gasteiger partial charge in [0.15, 0.2) is 0 Å². The van der Waals surface area contributed by atoms with Gasteiger partial charge < -0.3 is 10.2 Å². The van der Waals surface area contributed by atoms with E-state index >= 15 is 0 Å². The maximum Gasteiger partial charge on any atom is 0.253 e. The SMILES string of the molecule is Cc1cc(C)cc(C(=O)N2CCC(CC(=O)NCc3ccccc3)C2)c1. The summed E-state index contributed by atoms with van der Waals surface area (Å²) in [5.74, 6) is 0.365. The molecule has 4 heteroatoms. The van der Waals surface area contributed by atoms with Gasteiger partial charge in [-0.05, 0) is 43.9 Å². The summed E-state index contributed by atoms with van der Waals surface area (Å²) in [7, 11) is 0. The van der Waals surface area contributed by atoms with Crippen molar-refractivity contribution in [2.45, 2.75) is 33.2 Å². The molecule has 1 N–H and O–H groups in total. The summed E-state index contributed by atoms with van der Waals surface area (Å²) in [6.07, 6.45) is 1.36. The Hall–Kier alpha value is -2.62. The number of rotatable bonds is 5. The third kappa shape index (κ3) is 4.72. The first-order chi connectivity index (χ1) is 12.5. The van der Waals surface area contributed by atoms with Crippen molar-refractivity contribution >= 4 is 11.8 Å². The molecule has 136 valence electrons. The number of aryl methyl sites for hydroxylation is 2. The summed E-state index contributed by atoms with van der Waals surface area (Å²) in [5, 5.41) is 2.97. The van der Waals surface area contributed by atoms with Crippen molar-refractivity contribution in [3.63, 3.8) is 0 Å². The lowest BCUT2D eigenvalue weighted by atomic mass is 10.0. The third-order valence-electron chi connectivity index (χ3n) is 4.85. The molecule has 1 aliphatic heterocycles. The first kappa shape index (κ1) is 18.2. The van der Waals surface area contributed by atoms with Crippen LogP contribution in [0.25, 0.3) is 0 Å². The summed E-state index contributed by atoms with van der Waals surface area (Å²) in [6, 6.07) is 15.8. The molecular weight excluding hydrogens is 324 g/mol. The molecular formula is C22H26N2O2. The van der Waals surface area contributed by atoms with Crippen LogP contribution in [-0.2, 0) is 11.3 Å². The van der Waals surface area contributed by atoms with Crippen molar-refractivity contribution in [1.82, 2.24) is 10.2 Å². The number of benzene rings is 2. The van der Waals surface area contributed by atoms with Gasteiger partial charge in [-0.1, -0.05) is 47.5 Å². The minimum atomic E-state index is 0.0551. The van der Waals surface area contributed by atoms with Gasteiger partial charge in [0.25, 0.3) is 5.91 Å². The number of nitrogens with zero attached hydrogens (tertiary/aromatic N) is 1.